The van der Waals surface area contributed by atoms with Gasteiger partial charge in [-0.2, -0.15) is 0 Å². The Labute approximate surface area is 100 Å². The van der Waals surface area contributed by atoms with Crippen molar-refractivity contribution in [2.75, 3.05) is 19.7 Å². The summed E-state index contributed by atoms with van der Waals surface area (Å²) in [6.07, 6.45) is 3.56. The fourth-order valence-electron chi connectivity index (χ4n) is 2.52. The number of hydrogen-bond acceptors (Lipinski definition) is 3. The van der Waals surface area contributed by atoms with Crippen LogP contribution in [-0.4, -0.2) is 47.3 Å². The normalized spacial score (nSPS) is 22.1. The third-order valence-corrected chi connectivity index (χ3v) is 3.66. The number of rotatable bonds is 8. The average molecular weight is 228 g/mol. The highest BCUT2D eigenvalue weighted by Crippen LogP contribution is 2.25. The molecular weight excluding hydrogens is 200 g/mol. The molecule has 16 heavy (non-hydrogen) atoms. The van der Waals surface area contributed by atoms with Gasteiger partial charge in [-0.3, -0.25) is 0 Å². The largest absolute Gasteiger partial charge is 0.394 e. The van der Waals surface area contributed by atoms with Crippen molar-refractivity contribution in [3.63, 3.8) is 0 Å². The van der Waals surface area contributed by atoms with Gasteiger partial charge < -0.3 is 15.3 Å². The summed E-state index contributed by atoms with van der Waals surface area (Å²) in [5, 5.41) is 13.1. The number of hydrogen-bond donors (Lipinski definition) is 2. The van der Waals surface area contributed by atoms with E-state index in [1.807, 2.05) is 0 Å². The SMILES string of the molecule is CCN(CC)C(C)CC(C)(CO)NC1CC1. The number of aliphatic hydroxyl groups is 1. The summed E-state index contributed by atoms with van der Waals surface area (Å²) in [6.45, 7) is 11.2. The third kappa shape index (κ3) is 4.04. The van der Waals surface area contributed by atoms with Crippen LogP contribution in [0.2, 0.25) is 0 Å². The van der Waals surface area contributed by atoms with E-state index in [1.165, 1.54) is 12.8 Å². The molecule has 2 N–H and O–H groups in total. The van der Waals surface area contributed by atoms with E-state index >= 15 is 0 Å². The highest BCUT2D eigenvalue weighted by Gasteiger charge is 2.33. The lowest BCUT2D eigenvalue weighted by Crippen LogP contribution is -2.51. The summed E-state index contributed by atoms with van der Waals surface area (Å²) in [5.74, 6) is 0. The summed E-state index contributed by atoms with van der Waals surface area (Å²) in [7, 11) is 0. The van der Waals surface area contributed by atoms with Gasteiger partial charge in [0, 0.05) is 17.6 Å². The standard InChI is InChI=1S/C13H28N2O/c1-5-15(6-2)11(3)9-13(4,10-16)14-12-7-8-12/h11-12,14,16H,5-10H2,1-4H3. The zero-order chi connectivity index (χ0) is 12.2. The average Bonchev–Trinajstić information content (AvgIpc) is 3.03. The monoisotopic (exact) mass is 228 g/mol. The van der Waals surface area contributed by atoms with Gasteiger partial charge in [0.2, 0.25) is 0 Å². The fourth-order valence-corrected chi connectivity index (χ4v) is 2.52. The number of nitrogens with zero attached hydrogens (tertiary/aromatic N) is 1. The molecule has 0 spiro atoms. The van der Waals surface area contributed by atoms with Gasteiger partial charge in [-0.25, -0.2) is 0 Å². The first-order valence-corrected chi connectivity index (χ1v) is 6.67. The second-order valence-corrected chi connectivity index (χ2v) is 5.41. The second-order valence-electron chi connectivity index (χ2n) is 5.41. The minimum absolute atomic E-state index is 0.108. The molecule has 1 aliphatic rings. The Balaban J connectivity index is 2.46. The van der Waals surface area contributed by atoms with Crippen molar-refractivity contribution in [3.8, 4) is 0 Å². The molecule has 1 rings (SSSR count). The lowest BCUT2D eigenvalue weighted by Gasteiger charge is -2.36. The molecule has 0 aromatic carbocycles. The smallest absolute Gasteiger partial charge is 0.0611 e. The molecule has 96 valence electrons. The quantitative estimate of drug-likeness (QED) is 0.662. The molecule has 2 unspecified atom stereocenters. The van der Waals surface area contributed by atoms with Crippen LogP contribution in [0, 0.1) is 0 Å². The minimum atomic E-state index is -0.108. The van der Waals surface area contributed by atoms with Gasteiger partial charge in [0.15, 0.2) is 0 Å². The van der Waals surface area contributed by atoms with Crippen molar-refractivity contribution >= 4 is 0 Å². The molecule has 0 amide bonds. The summed E-state index contributed by atoms with van der Waals surface area (Å²) in [6, 6.07) is 1.18. The molecule has 1 saturated carbocycles. The van der Waals surface area contributed by atoms with E-state index in [9.17, 15) is 5.11 Å². The Hall–Kier alpha value is -0.120. The van der Waals surface area contributed by atoms with Gasteiger partial charge in [-0.15, -0.1) is 0 Å². The Kier molecular flexibility index (Phi) is 5.22. The topological polar surface area (TPSA) is 35.5 Å². The molecule has 0 radical (unpaired) electrons. The van der Waals surface area contributed by atoms with Crippen molar-refractivity contribution in [2.24, 2.45) is 0 Å². The predicted molar refractivity (Wildman–Crippen MR) is 68.6 cm³/mol. The Morgan fingerprint density at radius 3 is 2.31 bits per heavy atom. The molecular formula is C13H28N2O. The highest BCUT2D eigenvalue weighted by atomic mass is 16.3. The zero-order valence-corrected chi connectivity index (χ0v) is 11.3. The van der Waals surface area contributed by atoms with E-state index in [0.29, 0.717) is 12.1 Å². The maximum absolute atomic E-state index is 9.56. The van der Waals surface area contributed by atoms with Crippen LogP contribution in [-0.2, 0) is 0 Å². The van der Waals surface area contributed by atoms with Gasteiger partial charge >= 0.3 is 0 Å². The van der Waals surface area contributed by atoms with Crippen LogP contribution in [0.5, 0.6) is 0 Å². The lowest BCUT2D eigenvalue weighted by molar-refractivity contribution is 0.118. The molecule has 1 aliphatic carbocycles. The van der Waals surface area contributed by atoms with Crippen molar-refractivity contribution in [1.82, 2.24) is 10.2 Å². The van der Waals surface area contributed by atoms with Crippen LogP contribution < -0.4 is 5.32 Å². The first-order chi connectivity index (χ1) is 7.54. The van der Waals surface area contributed by atoms with Gasteiger partial charge in [-0.05, 0) is 46.2 Å². The maximum Gasteiger partial charge on any atom is 0.0611 e. The highest BCUT2D eigenvalue weighted by molar-refractivity contribution is 4.94. The van der Waals surface area contributed by atoms with Crippen LogP contribution in [0.3, 0.4) is 0 Å². The third-order valence-electron chi connectivity index (χ3n) is 3.66. The molecule has 3 nitrogen and oxygen atoms in total. The first kappa shape index (κ1) is 13.9. The van der Waals surface area contributed by atoms with E-state index in [-0.39, 0.29) is 12.1 Å². The van der Waals surface area contributed by atoms with Crippen molar-refractivity contribution in [1.29, 1.82) is 0 Å². The van der Waals surface area contributed by atoms with Crippen LogP contribution in [0.15, 0.2) is 0 Å². The Morgan fingerprint density at radius 2 is 1.94 bits per heavy atom. The molecule has 2 atom stereocenters. The number of nitrogens with one attached hydrogen (secondary N) is 1. The summed E-state index contributed by atoms with van der Waals surface area (Å²) in [4.78, 5) is 2.45. The predicted octanol–water partition coefficient (Wildman–Crippen LogP) is 1.61. The van der Waals surface area contributed by atoms with Gasteiger partial charge in [0.25, 0.3) is 0 Å². The van der Waals surface area contributed by atoms with Crippen LogP contribution >= 0.6 is 0 Å². The number of aliphatic hydroxyl groups excluding tert-OH is 1. The molecule has 0 bridgehead atoms. The first-order valence-electron chi connectivity index (χ1n) is 6.67. The van der Waals surface area contributed by atoms with Gasteiger partial charge in [-0.1, -0.05) is 13.8 Å². The summed E-state index contributed by atoms with van der Waals surface area (Å²) in [5.41, 5.74) is -0.108. The fraction of sp³-hybridized carbons (Fsp3) is 1.00. The minimum Gasteiger partial charge on any atom is -0.394 e. The van der Waals surface area contributed by atoms with Gasteiger partial charge in [0.05, 0.1) is 6.61 Å². The molecule has 0 aromatic rings. The molecule has 0 heterocycles. The van der Waals surface area contributed by atoms with Crippen molar-refractivity contribution < 1.29 is 5.11 Å². The van der Waals surface area contributed by atoms with E-state index < -0.39 is 0 Å². The van der Waals surface area contributed by atoms with E-state index in [4.69, 9.17) is 0 Å². The molecule has 0 aliphatic heterocycles. The van der Waals surface area contributed by atoms with Crippen molar-refractivity contribution in [2.45, 2.75) is 64.6 Å². The van der Waals surface area contributed by atoms with Crippen LogP contribution in [0.25, 0.3) is 0 Å². The summed E-state index contributed by atoms with van der Waals surface area (Å²) < 4.78 is 0. The van der Waals surface area contributed by atoms with E-state index in [0.717, 1.165) is 19.5 Å². The maximum atomic E-state index is 9.56. The van der Waals surface area contributed by atoms with E-state index in [1.54, 1.807) is 0 Å². The van der Waals surface area contributed by atoms with Crippen molar-refractivity contribution in [3.05, 3.63) is 0 Å². The lowest BCUT2D eigenvalue weighted by atomic mass is 9.93. The zero-order valence-electron chi connectivity index (χ0n) is 11.3. The summed E-state index contributed by atoms with van der Waals surface area (Å²) >= 11 is 0. The Bertz CT molecular complexity index is 202. The van der Waals surface area contributed by atoms with Crippen LogP contribution in [0.4, 0.5) is 0 Å². The second kappa shape index (κ2) is 5.99. The molecule has 3 heteroatoms. The van der Waals surface area contributed by atoms with Gasteiger partial charge in [0.1, 0.15) is 0 Å². The molecule has 0 saturated heterocycles. The Morgan fingerprint density at radius 1 is 1.38 bits per heavy atom. The van der Waals surface area contributed by atoms with E-state index in [2.05, 4.69) is 37.9 Å². The molecule has 0 aromatic heterocycles. The van der Waals surface area contributed by atoms with Crippen LogP contribution in [0.1, 0.15) is 47.0 Å². The molecule has 1 fully saturated rings.